The molecule has 1 aliphatic heterocycles. The fourth-order valence-corrected chi connectivity index (χ4v) is 4.95. The lowest BCUT2D eigenvalue weighted by Crippen LogP contribution is -2.40. The number of amides is 2. The number of methoxy groups -OCH3 is 1. The topological polar surface area (TPSA) is 102 Å². The monoisotopic (exact) mass is 545 g/mol. The summed E-state index contributed by atoms with van der Waals surface area (Å²) in [6.45, 7) is 3.86. The van der Waals surface area contributed by atoms with Crippen LogP contribution >= 0.6 is 15.9 Å². The van der Waals surface area contributed by atoms with Gasteiger partial charge in [-0.1, -0.05) is 40.2 Å². The summed E-state index contributed by atoms with van der Waals surface area (Å²) < 4.78 is 6.29. The van der Waals surface area contributed by atoms with Crippen LogP contribution in [0.5, 0.6) is 5.75 Å². The standard InChI is InChI=1S/C27H20BrN3O5/c1-14-15(2)20(12-11-19(14)28)29-25-16-7-6-8-17-24(16)18(13-22(25)31(34)35)27(33)30(26(17)32)21-9-4-5-10-23(21)36-3/h4-13,29H,1-3H3. The Kier molecular flexibility index (Phi) is 5.72. The molecule has 0 bridgehead atoms. The number of nitro groups is 1. The highest BCUT2D eigenvalue weighted by Crippen LogP contribution is 2.44. The normalized spacial score (nSPS) is 12.7. The molecule has 4 aromatic rings. The molecule has 0 saturated carbocycles. The van der Waals surface area contributed by atoms with Crippen LogP contribution in [0.4, 0.5) is 22.7 Å². The molecule has 0 radical (unpaired) electrons. The Balaban J connectivity index is 1.76. The number of hydrogen-bond acceptors (Lipinski definition) is 6. The maximum atomic E-state index is 13.7. The number of nitrogens with zero attached hydrogens (tertiary/aromatic N) is 2. The molecular formula is C27H20BrN3O5. The van der Waals surface area contributed by atoms with Gasteiger partial charge in [-0.2, -0.15) is 0 Å². The van der Waals surface area contributed by atoms with Gasteiger partial charge in [0.1, 0.15) is 11.4 Å². The molecule has 0 spiro atoms. The number of benzene rings is 4. The number of nitrogens with one attached hydrogen (secondary N) is 1. The highest BCUT2D eigenvalue weighted by Gasteiger charge is 2.38. The van der Waals surface area contributed by atoms with Crippen molar-refractivity contribution in [2.45, 2.75) is 13.8 Å². The molecule has 5 rings (SSSR count). The van der Waals surface area contributed by atoms with Crippen LogP contribution in [-0.2, 0) is 0 Å². The Hall–Kier alpha value is -4.24. The van der Waals surface area contributed by atoms with Crippen LogP contribution in [0.15, 0.2) is 65.1 Å². The van der Waals surface area contributed by atoms with Crippen LogP contribution in [0, 0.1) is 24.0 Å². The summed E-state index contributed by atoms with van der Waals surface area (Å²) in [5.74, 6) is -0.847. The lowest BCUT2D eigenvalue weighted by Gasteiger charge is -2.28. The van der Waals surface area contributed by atoms with E-state index in [0.717, 1.165) is 20.5 Å². The smallest absolute Gasteiger partial charge is 0.294 e. The molecule has 1 aliphatic rings. The van der Waals surface area contributed by atoms with E-state index in [1.165, 1.54) is 13.2 Å². The number of nitro benzene ring substituents is 1. The molecule has 1 heterocycles. The van der Waals surface area contributed by atoms with E-state index in [0.29, 0.717) is 22.2 Å². The molecule has 180 valence electrons. The fraction of sp³-hybridized carbons (Fsp3) is 0.111. The average molecular weight is 546 g/mol. The number of carbonyl (C=O) groups excluding carboxylic acids is 2. The lowest BCUT2D eigenvalue weighted by atomic mass is 9.91. The zero-order valence-electron chi connectivity index (χ0n) is 19.6. The first-order chi connectivity index (χ1) is 17.2. The predicted molar refractivity (Wildman–Crippen MR) is 142 cm³/mol. The zero-order chi connectivity index (χ0) is 25.7. The van der Waals surface area contributed by atoms with Gasteiger partial charge in [0.15, 0.2) is 0 Å². The molecule has 0 saturated heterocycles. The molecular weight excluding hydrogens is 526 g/mol. The molecule has 36 heavy (non-hydrogen) atoms. The third kappa shape index (κ3) is 3.51. The summed E-state index contributed by atoms with van der Waals surface area (Å²) >= 11 is 3.50. The van der Waals surface area contributed by atoms with E-state index in [-0.39, 0.29) is 28.2 Å². The highest BCUT2D eigenvalue weighted by atomic mass is 79.9. The maximum absolute atomic E-state index is 13.7. The minimum absolute atomic E-state index is 0.0760. The van der Waals surface area contributed by atoms with E-state index >= 15 is 0 Å². The molecule has 9 heteroatoms. The summed E-state index contributed by atoms with van der Waals surface area (Å²) in [5.41, 5.74) is 3.15. The van der Waals surface area contributed by atoms with Crippen LogP contribution in [0.1, 0.15) is 31.8 Å². The van der Waals surface area contributed by atoms with Gasteiger partial charge in [-0.3, -0.25) is 19.7 Å². The first kappa shape index (κ1) is 23.5. The maximum Gasteiger partial charge on any atom is 0.294 e. The van der Waals surface area contributed by atoms with E-state index in [1.54, 1.807) is 42.5 Å². The third-order valence-corrected chi connectivity index (χ3v) is 7.37. The number of para-hydroxylation sites is 2. The summed E-state index contributed by atoms with van der Waals surface area (Å²) in [5, 5.41) is 16.2. The van der Waals surface area contributed by atoms with Gasteiger partial charge >= 0.3 is 0 Å². The average Bonchev–Trinajstić information content (AvgIpc) is 2.88. The van der Waals surface area contributed by atoms with Crippen LogP contribution in [0.25, 0.3) is 10.8 Å². The summed E-state index contributed by atoms with van der Waals surface area (Å²) in [6.07, 6.45) is 0. The van der Waals surface area contributed by atoms with Gasteiger partial charge in [-0.15, -0.1) is 0 Å². The third-order valence-electron chi connectivity index (χ3n) is 6.51. The van der Waals surface area contributed by atoms with Crippen LogP contribution < -0.4 is 15.0 Å². The van der Waals surface area contributed by atoms with Gasteiger partial charge in [-0.25, -0.2) is 4.90 Å². The van der Waals surface area contributed by atoms with Crippen LogP contribution in [0.3, 0.4) is 0 Å². The molecule has 0 unspecified atom stereocenters. The van der Waals surface area contributed by atoms with E-state index in [2.05, 4.69) is 21.2 Å². The van der Waals surface area contributed by atoms with Gasteiger partial charge in [0, 0.05) is 32.6 Å². The first-order valence-corrected chi connectivity index (χ1v) is 11.8. The number of hydrogen-bond donors (Lipinski definition) is 1. The van der Waals surface area contributed by atoms with Crippen molar-refractivity contribution < 1.29 is 19.2 Å². The largest absolute Gasteiger partial charge is 0.495 e. The fourth-order valence-electron chi connectivity index (χ4n) is 4.52. The molecule has 8 nitrogen and oxygen atoms in total. The molecule has 0 aromatic heterocycles. The molecule has 0 atom stereocenters. The lowest BCUT2D eigenvalue weighted by molar-refractivity contribution is -0.383. The summed E-state index contributed by atoms with van der Waals surface area (Å²) in [7, 11) is 1.45. The van der Waals surface area contributed by atoms with Crippen molar-refractivity contribution in [3.63, 3.8) is 0 Å². The summed E-state index contributed by atoms with van der Waals surface area (Å²) in [4.78, 5) is 39.9. The minimum atomic E-state index is -0.654. The SMILES string of the molecule is COc1ccccc1N1C(=O)c2cccc3c(Nc4ccc(Br)c(C)c4C)c([N+](=O)[O-])cc(c23)C1=O. The Morgan fingerprint density at radius 1 is 0.944 bits per heavy atom. The zero-order valence-corrected chi connectivity index (χ0v) is 21.2. The van der Waals surface area contributed by atoms with Crippen molar-refractivity contribution in [3.8, 4) is 5.75 Å². The number of imide groups is 1. The van der Waals surface area contributed by atoms with Crippen molar-refractivity contribution in [1.82, 2.24) is 0 Å². The van der Waals surface area contributed by atoms with Crippen molar-refractivity contribution in [3.05, 3.63) is 97.5 Å². The van der Waals surface area contributed by atoms with Gasteiger partial charge in [0.25, 0.3) is 17.5 Å². The van der Waals surface area contributed by atoms with Crippen LogP contribution in [-0.4, -0.2) is 23.8 Å². The van der Waals surface area contributed by atoms with E-state index in [9.17, 15) is 19.7 Å². The van der Waals surface area contributed by atoms with E-state index in [1.807, 2.05) is 26.0 Å². The number of ether oxygens (including phenoxy) is 1. The second-order valence-electron chi connectivity index (χ2n) is 8.39. The molecule has 4 aromatic carbocycles. The first-order valence-electron chi connectivity index (χ1n) is 11.0. The molecule has 0 fully saturated rings. The number of rotatable bonds is 5. The Morgan fingerprint density at radius 3 is 2.39 bits per heavy atom. The van der Waals surface area contributed by atoms with Gasteiger partial charge in [0.05, 0.1) is 23.3 Å². The second-order valence-corrected chi connectivity index (χ2v) is 9.25. The molecule has 1 N–H and O–H groups in total. The second kappa shape index (κ2) is 8.76. The van der Waals surface area contributed by atoms with Crippen molar-refractivity contribution in [2.75, 3.05) is 17.3 Å². The molecule has 0 aliphatic carbocycles. The minimum Gasteiger partial charge on any atom is -0.495 e. The van der Waals surface area contributed by atoms with E-state index < -0.39 is 16.7 Å². The Bertz CT molecular complexity index is 1620. The number of halogens is 1. The van der Waals surface area contributed by atoms with Crippen molar-refractivity contribution >= 4 is 61.3 Å². The van der Waals surface area contributed by atoms with Gasteiger partial charge in [0.2, 0.25) is 0 Å². The predicted octanol–water partition coefficient (Wildman–Crippen LogP) is 6.68. The Labute approximate surface area is 214 Å². The number of anilines is 3. The molecule has 2 amide bonds. The van der Waals surface area contributed by atoms with Gasteiger partial charge < -0.3 is 10.1 Å². The Morgan fingerprint density at radius 2 is 1.67 bits per heavy atom. The highest BCUT2D eigenvalue weighted by molar-refractivity contribution is 9.10. The summed E-state index contributed by atoms with van der Waals surface area (Å²) in [6, 6.07) is 16.5. The van der Waals surface area contributed by atoms with Crippen molar-refractivity contribution in [2.24, 2.45) is 0 Å². The van der Waals surface area contributed by atoms with E-state index in [4.69, 9.17) is 4.74 Å². The van der Waals surface area contributed by atoms with Gasteiger partial charge in [-0.05, 0) is 55.3 Å². The van der Waals surface area contributed by atoms with Crippen LogP contribution in [0.2, 0.25) is 0 Å². The number of carbonyl (C=O) groups is 2. The van der Waals surface area contributed by atoms with Crippen molar-refractivity contribution in [1.29, 1.82) is 0 Å². The quantitative estimate of drug-likeness (QED) is 0.170.